The van der Waals surface area contributed by atoms with Gasteiger partial charge in [0.2, 0.25) is 0 Å². The van der Waals surface area contributed by atoms with Crippen molar-refractivity contribution in [3.8, 4) is 6.07 Å². The van der Waals surface area contributed by atoms with Gasteiger partial charge in [0.05, 0.1) is 22.0 Å². The van der Waals surface area contributed by atoms with E-state index in [0.29, 0.717) is 38.2 Å². The molecule has 0 unspecified atom stereocenters. The van der Waals surface area contributed by atoms with Gasteiger partial charge in [-0.15, -0.1) is 11.3 Å². The van der Waals surface area contributed by atoms with E-state index in [2.05, 4.69) is 20.9 Å². The first kappa shape index (κ1) is 19.1. The lowest BCUT2D eigenvalue weighted by molar-refractivity contribution is 0.0259. The van der Waals surface area contributed by atoms with E-state index < -0.39 is 0 Å². The highest BCUT2D eigenvalue weighted by molar-refractivity contribution is 7.09. The van der Waals surface area contributed by atoms with E-state index in [1.165, 1.54) is 0 Å². The van der Waals surface area contributed by atoms with Crippen molar-refractivity contribution < 1.29 is 9.53 Å². The molecule has 1 saturated heterocycles. The second-order valence-electron chi connectivity index (χ2n) is 7.96. The molecule has 8 heteroatoms. The molecule has 2 aliphatic carbocycles. The molecular weight excluding hydrogens is 398 g/mol. The number of carbonyl (C=O) groups excluding carboxylic acids is 1. The lowest BCUT2D eigenvalue weighted by atomic mass is 9.96. The van der Waals surface area contributed by atoms with Crippen molar-refractivity contribution in [1.82, 2.24) is 14.9 Å². The highest BCUT2D eigenvalue weighted by Gasteiger charge is 2.32. The molecule has 0 atom stereocenters. The summed E-state index contributed by atoms with van der Waals surface area (Å²) in [6, 6.07) is 4.39. The maximum atomic E-state index is 12.4. The van der Waals surface area contributed by atoms with Crippen molar-refractivity contribution in [2.45, 2.75) is 38.7 Å². The molecule has 0 bridgehead atoms. The first-order chi connectivity index (χ1) is 14.6. The van der Waals surface area contributed by atoms with Gasteiger partial charge < -0.3 is 14.5 Å². The van der Waals surface area contributed by atoms with Gasteiger partial charge in [0.15, 0.2) is 0 Å². The van der Waals surface area contributed by atoms with Gasteiger partial charge in [0.1, 0.15) is 12.2 Å². The van der Waals surface area contributed by atoms with Crippen molar-refractivity contribution in [1.29, 1.82) is 5.26 Å². The maximum absolute atomic E-state index is 12.4. The van der Waals surface area contributed by atoms with Gasteiger partial charge in [-0.1, -0.05) is 0 Å². The Labute approximate surface area is 179 Å². The van der Waals surface area contributed by atoms with E-state index in [1.54, 1.807) is 16.2 Å². The fraction of sp³-hybridized carbons (Fsp3) is 0.455. The topological polar surface area (TPSA) is 82.4 Å². The molecule has 0 N–H and O–H groups in total. The van der Waals surface area contributed by atoms with Crippen LogP contribution >= 0.6 is 11.3 Å². The number of aromatic nitrogens is 2. The molecule has 3 aliphatic rings. The molecular formula is C22H23N5O2S. The second-order valence-corrected chi connectivity index (χ2v) is 9.02. The quantitative estimate of drug-likeness (QED) is 0.752. The van der Waals surface area contributed by atoms with Crippen molar-refractivity contribution >= 4 is 34.3 Å². The number of nitriles is 1. The molecule has 0 aromatic carbocycles. The minimum atomic E-state index is -0.196. The SMILES string of the molecule is Cc1nc(C2=C(C#N)c3c(N4CCN(C(=O)OC5CCC5)CC4)ccnc3C2)cs1. The Morgan fingerprint density at radius 2 is 2.10 bits per heavy atom. The van der Waals surface area contributed by atoms with Gasteiger partial charge in [0.25, 0.3) is 0 Å². The van der Waals surface area contributed by atoms with Gasteiger partial charge in [-0.2, -0.15) is 5.26 Å². The standard InChI is InChI=1S/C22H23N5O2S/c1-14-25-19(13-30-14)16-11-18-21(17(16)12-23)20(5-6-24-18)26-7-9-27(10-8-26)22(28)29-15-3-2-4-15/h5-6,13,15H,2-4,7-11H2,1H3. The zero-order chi connectivity index (χ0) is 20.7. The summed E-state index contributed by atoms with van der Waals surface area (Å²) in [6.07, 6.45) is 5.47. The van der Waals surface area contributed by atoms with Gasteiger partial charge in [-0.3, -0.25) is 4.98 Å². The largest absolute Gasteiger partial charge is 0.446 e. The Morgan fingerprint density at radius 1 is 1.30 bits per heavy atom. The predicted octanol–water partition coefficient (Wildman–Crippen LogP) is 3.65. The third-order valence-electron chi connectivity index (χ3n) is 6.14. The Balaban J connectivity index is 1.36. The minimum absolute atomic E-state index is 0.107. The Morgan fingerprint density at radius 3 is 2.73 bits per heavy atom. The summed E-state index contributed by atoms with van der Waals surface area (Å²) in [4.78, 5) is 25.5. The lowest BCUT2D eigenvalue weighted by Gasteiger charge is -2.37. The number of ether oxygens (including phenoxy) is 1. The Bertz CT molecular complexity index is 1060. The number of rotatable bonds is 3. The number of thiazole rings is 1. The molecule has 0 spiro atoms. The van der Waals surface area contributed by atoms with Crippen LogP contribution in [0.3, 0.4) is 0 Å². The molecule has 2 aromatic heterocycles. The van der Waals surface area contributed by atoms with Crippen molar-refractivity contribution in [3.05, 3.63) is 39.6 Å². The highest BCUT2D eigenvalue weighted by Crippen LogP contribution is 2.42. The number of anilines is 1. The van der Waals surface area contributed by atoms with E-state index in [0.717, 1.165) is 52.5 Å². The molecule has 5 rings (SSSR count). The van der Waals surface area contributed by atoms with Gasteiger partial charge in [-0.25, -0.2) is 9.78 Å². The summed E-state index contributed by atoms with van der Waals surface area (Å²) in [5, 5.41) is 13.0. The third kappa shape index (κ3) is 3.33. The van der Waals surface area contributed by atoms with Crippen LogP contribution in [0.1, 0.15) is 41.2 Å². The number of piperazine rings is 1. The average Bonchev–Trinajstić information content (AvgIpc) is 3.33. The van der Waals surface area contributed by atoms with Crippen LogP contribution in [0.4, 0.5) is 10.5 Å². The van der Waals surface area contributed by atoms with Crippen LogP contribution in [-0.4, -0.2) is 53.2 Å². The van der Waals surface area contributed by atoms with Gasteiger partial charge >= 0.3 is 6.09 Å². The summed E-state index contributed by atoms with van der Waals surface area (Å²) < 4.78 is 5.54. The van der Waals surface area contributed by atoms with E-state index in [1.807, 2.05) is 24.6 Å². The molecule has 1 amide bonds. The number of aryl methyl sites for hydroxylation is 1. The summed E-state index contributed by atoms with van der Waals surface area (Å²) in [5.41, 5.74) is 5.37. The summed E-state index contributed by atoms with van der Waals surface area (Å²) >= 11 is 1.59. The minimum Gasteiger partial charge on any atom is -0.446 e. The first-order valence-electron chi connectivity index (χ1n) is 10.4. The maximum Gasteiger partial charge on any atom is 0.410 e. The molecule has 3 heterocycles. The average molecular weight is 422 g/mol. The number of amides is 1. The zero-order valence-corrected chi connectivity index (χ0v) is 17.7. The Hall–Kier alpha value is -2.92. The number of nitrogens with zero attached hydrogens (tertiary/aromatic N) is 5. The van der Waals surface area contributed by atoms with Crippen LogP contribution in [0.25, 0.3) is 11.1 Å². The molecule has 7 nitrogen and oxygen atoms in total. The number of hydrogen-bond donors (Lipinski definition) is 0. The van der Waals surface area contributed by atoms with Crippen LogP contribution in [0.5, 0.6) is 0 Å². The number of fused-ring (bicyclic) bond motifs is 1. The predicted molar refractivity (Wildman–Crippen MR) is 115 cm³/mol. The van der Waals surface area contributed by atoms with E-state index in [9.17, 15) is 10.1 Å². The van der Waals surface area contributed by atoms with Crippen LogP contribution in [0.15, 0.2) is 17.6 Å². The monoisotopic (exact) mass is 421 g/mol. The zero-order valence-electron chi connectivity index (χ0n) is 16.9. The first-order valence-corrected chi connectivity index (χ1v) is 11.3. The highest BCUT2D eigenvalue weighted by atomic mass is 32.1. The second kappa shape index (κ2) is 7.73. The Kier molecular flexibility index (Phi) is 4.91. The number of hydrogen-bond acceptors (Lipinski definition) is 7. The van der Waals surface area contributed by atoms with E-state index >= 15 is 0 Å². The van der Waals surface area contributed by atoms with Crippen molar-refractivity contribution in [2.75, 3.05) is 31.1 Å². The summed E-state index contributed by atoms with van der Waals surface area (Å²) in [6.45, 7) is 4.63. The number of carbonyl (C=O) groups is 1. The van der Waals surface area contributed by atoms with E-state index in [-0.39, 0.29) is 12.2 Å². The van der Waals surface area contributed by atoms with E-state index in [4.69, 9.17) is 4.74 Å². The fourth-order valence-electron chi connectivity index (χ4n) is 4.25. The lowest BCUT2D eigenvalue weighted by Crippen LogP contribution is -2.50. The van der Waals surface area contributed by atoms with Crippen molar-refractivity contribution in [2.24, 2.45) is 0 Å². The molecule has 154 valence electrons. The van der Waals surface area contributed by atoms with Crippen LogP contribution in [0.2, 0.25) is 0 Å². The summed E-state index contributed by atoms with van der Waals surface area (Å²) in [5.74, 6) is 0. The molecule has 1 aliphatic heterocycles. The number of pyridine rings is 1. The van der Waals surface area contributed by atoms with Crippen molar-refractivity contribution in [3.63, 3.8) is 0 Å². The van der Waals surface area contributed by atoms with Gasteiger partial charge in [-0.05, 0) is 32.3 Å². The van der Waals surface area contributed by atoms with Gasteiger partial charge in [0, 0.05) is 61.0 Å². The van der Waals surface area contributed by atoms with Crippen LogP contribution < -0.4 is 4.90 Å². The molecule has 2 fully saturated rings. The molecule has 1 saturated carbocycles. The summed E-state index contributed by atoms with van der Waals surface area (Å²) in [7, 11) is 0. The molecule has 30 heavy (non-hydrogen) atoms. The number of allylic oxidation sites excluding steroid dienone is 2. The smallest absolute Gasteiger partial charge is 0.410 e. The normalized spacial score (nSPS) is 18.8. The molecule has 2 aromatic rings. The van der Waals surface area contributed by atoms with Crippen LogP contribution in [0, 0.1) is 18.3 Å². The van der Waals surface area contributed by atoms with Crippen LogP contribution in [-0.2, 0) is 11.2 Å². The molecule has 0 radical (unpaired) electrons. The third-order valence-corrected chi connectivity index (χ3v) is 6.92. The fourth-order valence-corrected chi connectivity index (χ4v) is 4.88.